The minimum Gasteiger partial charge on any atom is -0.457 e. The first-order chi connectivity index (χ1) is 7.86. The summed E-state index contributed by atoms with van der Waals surface area (Å²) in [6, 6.07) is 6.97. The van der Waals surface area contributed by atoms with E-state index in [1.165, 1.54) is 6.20 Å². The van der Waals surface area contributed by atoms with Crippen molar-refractivity contribution in [3.8, 4) is 0 Å². The summed E-state index contributed by atoms with van der Waals surface area (Å²) in [6.07, 6.45) is 6.41. The highest BCUT2D eigenvalue weighted by Crippen LogP contribution is 2.03. The highest BCUT2D eigenvalue weighted by atomic mass is 16.5. The molecule has 2 aromatic heterocycles. The molecule has 0 aliphatic rings. The lowest BCUT2D eigenvalue weighted by atomic mass is 10.3. The first-order valence-corrected chi connectivity index (χ1v) is 4.82. The summed E-state index contributed by atoms with van der Waals surface area (Å²) in [6.45, 7) is 0.246. The fraction of sp³-hybridized carbons (Fsp3) is 0.0833. The maximum absolute atomic E-state index is 11.5. The molecule has 0 aliphatic carbocycles. The molecule has 0 radical (unpaired) electrons. The van der Waals surface area contributed by atoms with Crippen LogP contribution in [0.4, 0.5) is 0 Å². The molecule has 4 heteroatoms. The standard InChI is InChI=1S/C12H10N2O2/c15-12(11-2-1-5-14-8-11)16-9-10-3-6-13-7-4-10/h1-8H,9H2. The van der Waals surface area contributed by atoms with Gasteiger partial charge in [0.15, 0.2) is 0 Å². The minimum absolute atomic E-state index is 0.246. The predicted molar refractivity (Wildman–Crippen MR) is 57.6 cm³/mol. The van der Waals surface area contributed by atoms with Crippen molar-refractivity contribution < 1.29 is 9.53 Å². The second-order valence-electron chi connectivity index (χ2n) is 3.17. The van der Waals surface area contributed by atoms with E-state index in [-0.39, 0.29) is 12.6 Å². The van der Waals surface area contributed by atoms with Gasteiger partial charge in [0.1, 0.15) is 6.61 Å². The minimum atomic E-state index is -0.370. The summed E-state index contributed by atoms with van der Waals surface area (Å²) < 4.78 is 5.11. The number of pyridine rings is 2. The van der Waals surface area contributed by atoms with Crippen LogP contribution in [0.1, 0.15) is 15.9 Å². The van der Waals surface area contributed by atoms with E-state index in [2.05, 4.69) is 9.97 Å². The largest absolute Gasteiger partial charge is 0.457 e. The second-order valence-corrected chi connectivity index (χ2v) is 3.17. The van der Waals surface area contributed by atoms with Crippen molar-refractivity contribution in [3.63, 3.8) is 0 Å². The molecular formula is C12H10N2O2. The molecule has 0 aliphatic heterocycles. The average molecular weight is 214 g/mol. The SMILES string of the molecule is O=C(OCc1ccncc1)c1cccnc1. The molecule has 80 valence electrons. The Hall–Kier alpha value is -2.23. The van der Waals surface area contributed by atoms with E-state index in [1.807, 2.05) is 0 Å². The molecule has 0 N–H and O–H groups in total. The molecule has 0 aromatic carbocycles. The first-order valence-electron chi connectivity index (χ1n) is 4.82. The van der Waals surface area contributed by atoms with Gasteiger partial charge in [-0.05, 0) is 29.8 Å². The van der Waals surface area contributed by atoms with Crippen molar-refractivity contribution in [3.05, 3.63) is 60.2 Å². The average Bonchev–Trinajstić information content (AvgIpc) is 2.38. The normalized spacial score (nSPS) is 9.75. The Kier molecular flexibility index (Phi) is 3.23. The molecule has 0 spiro atoms. The lowest BCUT2D eigenvalue weighted by molar-refractivity contribution is 0.0472. The molecule has 2 rings (SSSR count). The quantitative estimate of drug-likeness (QED) is 0.731. The van der Waals surface area contributed by atoms with E-state index < -0.39 is 0 Å². The third-order valence-corrected chi connectivity index (χ3v) is 2.02. The van der Waals surface area contributed by atoms with Crippen molar-refractivity contribution in [2.45, 2.75) is 6.61 Å². The number of carbonyl (C=O) groups excluding carboxylic acids is 1. The second kappa shape index (κ2) is 5.02. The number of esters is 1. The smallest absolute Gasteiger partial charge is 0.340 e. The molecular weight excluding hydrogens is 204 g/mol. The van der Waals surface area contributed by atoms with Crippen molar-refractivity contribution >= 4 is 5.97 Å². The topological polar surface area (TPSA) is 52.1 Å². The van der Waals surface area contributed by atoms with Crippen molar-refractivity contribution in [1.29, 1.82) is 0 Å². The summed E-state index contributed by atoms with van der Waals surface area (Å²) in [5.74, 6) is -0.370. The molecule has 2 aromatic rings. The van der Waals surface area contributed by atoms with Gasteiger partial charge in [-0.15, -0.1) is 0 Å². The molecule has 0 unspecified atom stereocenters. The van der Waals surface area contributed by atoms with Gasteiger partial charge in [-0.1, -0.05) is 0 Å². The Labute approximate surface area is 92.9 Å². The van der Waals surface area contributed by atoms with Crippen LogP contribution in [-0.4, -0.2) is 15.9 Å². The fourth-order valence-electron chi connectivity index (χ4n) is 1.19. The molecule has 0 fully saturated rings. The van der Waals surface area contributed by atoms with Gasteiger partial charge in [0, 0.05) is 24.8 Å². The molecule has 2 heterocycles. The number of hydrogen-bond acceptors (Lipinski definition) is 4. The van der Waals surface area contributed by atoms with Gasteiger partial charge >= 0.3 is 5.97 Å². The molecule has 16 heavy (non-hydrogen) atoms. The van der Waals surface area contributed by atoms with E-state index >= 15 is 0 Å². The summed E-state index contributed by atoms with van der Waals surface area (Å²) in [5.41, 5.74) is 1.36. The van der Waals surface area contributed by atoms with Gasteiger partial charge < -0.3 is 4.74 Å². The van der Waals surface area contributed by atoms with E-state index in [0.29, 0.717) is 5.56 Å². The van der Waals surface area contributed by atoms with E-state index in [9.17, 15) is 4.79 Å². The molecule has 0 saturated heterocycles. The van der Waals surface area contributed by atoms with Crippen LogP contribution in [0.25, 0.3) is 0 Å². The van der Waals surface area contributed by atoms with Crippen LogP contribution >= 0.6 is 0 Å². The van der Waals surface area contributed by atoms with Crippen LogP contribution in [0, 0.1) is 0 Å². The lowest BCUT2D eigenvalue weighted by Gasteiger charge is -2.03. The summed E-state index contributed by atoms with van der Waals surface area (Å²) >= 11 is 0. The lowest BCUT2D eigenvalue weighted by Crippen LogP contribution is -2.05. The van der Waals surface area contributed by atoms with E-state index in [1.54, 1.807) is 42.9 Å². The number of nitrogens with zero attached hydrogens (tertiary/aromatic N) is 2. The van der Waals surface area contributed by atoms with Gasteiger partial charge in [0.05, 0.1) is 5.56 Å². The number of rotatable bonds is 3. The van der Waals surface area contributed by atoms with Gasteiger partial charge in [-0.3, -0.25) is 9.97 Å². The third kappa shape index (κ3) is 2.63. The van der Waals surface area contributed by atoms with Crippen LogP contribution in [0.15, 0.2) is 49.1 Å². The fourth-order valence-corrected chi connectivity index (χ4v) is 1.19. The summed E-state index contributed by atoms with van der Waals surface area (Å²) in [4.78, 5) is 19.3. The maximum atomic E-state index is 11.5. The Morgan fingerprint density at radius 2 is 1.94 bits per heavy atom. The third-order valence-electron chi connectivity index (χ3n) is 2.02. The predicted octanol–water partition coefficient (Wildman–Crippen LogP) is 1.83. The molecule has 0 saturated carbocycles. The van der Waals surface area contributed by atoms with Crippen LogP contribution in [0.5, 0.6) is 0 Å². The molecule has 0 bridgehead atoms. The Morgan fingerprint density at radius 1 is 1.12 bits per heavy atom. The molecule has 0 atom stereocenters. The van der Waals surface area contributed by atoms with Crippen molar-refractivity contribution in [2.75, 3.05) is 0 Å². The van der Waals surface area contributed by atoms with Gasteiger partial charge in [0.25, 0.3) is 0 Å². The number of aromatic nitrogens is 2. The number of ether oxygens (including phenoxy) is 1. The summed E-state index contributed by atoms with van der Waals surface area (Å²) in [5, 5.41) is 0. The zero-order chi connectivity index (χ0) is 11.2. The van der Waals surface area contributed by atoms with Gasteiger partial charge in [-0.2, -0.15) is 0 Å². The maximum Gasteiger partial charge on any atom is 0.340 e. The van der Waals surface area contributed by atoms with E-state index in [0.717, 1.165) is 5.56 Å². The van der Waals surface area contributed by atoms with Crippen LogP contribution in [0.3, 0.4) is 0 Å². The highest BCUT2D eigenvalue weighted by Gasteiger charge is 2.06. The van der Waals surface area contributed by atoms with Crippen molar-refractivity contribution in [2.24, 2.45) is 0 Å². The highest BCUT2D eigenvalue weighted by molar-refractivity contribution is 5.88. The monoisotopic (exact) mass is 214 g/mol. The Morgan fingerprint density at radius 3 is 2.62 bits per heavy atom. The molecule has 4 nitrogen and oxygen atoms in total. The Balaban J connectivity index is 1.95. The summed E-state index contributed by atoms with van der Waals surface area (Å²) in [7, 11) is 0. The first kappa shape index (κ1) is 10.3. The molecule has 0 amide bonds. The zero-order valence-electron chi connectivity index (χ0n) is 8.54. The van der Waals surface area contributed by atoms with Gasteiger partial charge in [-0.25, -0.2) is 4.79 Å². The zero-order valence-corrected chi connectivity index (χ0v) is 8.54. The van der Waals surface area contributed by atoms with E-state index in [4.69, 9.17) is 4.74 Å². The number of carbonyl (C=O) groups is 1. The van der Waals surface area contributed by atoms with Crippen molar-refractivity contribution in [1.82, 2.24) is 9.97 Å². The number of hydrogen-bond donors (Lipinski definition) is 0. The van der Waals surface area contributed by atoms with Crippen LogP contribution < -0.4 is 0 Å². The van der Waals surface area contributed by atoms with Gasteiger partial charge in [0.2, 0.25) is 0 Å². The van der Waals surface area contributed by atoms with Crippen LogP contribution in [0.2, 0.25) is 0 Å². The Bertz CT molecular complexity index is 457. The van der Waals surface area contributed by atoms with Crippen LogP contribution in [-0.2, 0) is 11.3 Å².